The highest BCUT2D eigenvalue weighted by molar-refractivity contribution is 6.04. The van der Waals surface area contributed by atoms with Gasteiger partial charge >= 0.3 is 0 Å². The van der Waals surface area contributed by atoms with Gasteiger partial charge in [0.05, 0.1) is 0 Å². The summed E-state index contributed by atoms with van der Waals surface area (Å²) in [6, 6.07) is 1.18. The normalized spacial score (nSPS) is 31.7. The molecule has 0 radical (unpaired) electrons. The van der Waals surface area contributed by atoms with Crippen molar-refractivity contribution < 1.29 is 0 Å². The molecule has 2 atom stereocenters. The molecule has 2 fully saturated rings. The second-order valence-electron chi connectivity index (χ2n) is 6.77. The van der Waals surface area contributed by atoms with Gasteiger partial charge in [0.15, 0.2) is 0 Å². The summed E-state index contributed by atoms with van der Waals surface area (Å²) in [5, 5.41) is 18.5. The van der Waals surface area contributed by atoms with Crippen LogP contribution < -0.4 is 16.0 Å². The van der Waals surface area contributed by atoms with E-state index in [-0.39, 0.29) is 0 Å². The molecule has 21 heavy (non-hydrogen) atoms. The summed E-state index contributed by atoms with van der Waals surface area (Å²) in [6.45, 7) is 5.41. The van der Waals surface area contributed by atoms with Gasteiger partial charge < -0.3 is 16.0 Å². The Labute approximate surface area is 128 Å². The third-order valence-corrected chi connectivity index (χ3v) is 4.97. The van der Waals surface area contributed by atoms with Crippen molar-refractivity contribution in [3.63, 3.8) is 0 Å². The second kappa shape index (κ2) is 6.22. The monoisotopic (exact) mass is 288 g/mol. The molecule has 0 bridgehead atoms. The minimum absolute atomic E-state index is 0.496. The van der Waals surface area contributed by atoms with Crippen LogP contribution in [0, 0.1) is 11.3 Å². The molecular formula is C17H28N4. The fraction of sp³-hybridized carbons (Fsp3) is 0.706. The molecule has 0 amide bonds. The van der Waals surface area contributed by atoms with Gasteiger partial charge in [-0.1, -0.05) is 6.92 Å². The smallest absolute Gasteiger partial charge is 0.131 e. The van der Waals surface area contributed by atoms with Gasteiger partial charge in [-0.05, 0) is 56.9 Å². The highest BCUT2D eigenvalue weighted by Gasteiger charge is 2.29. The van der Waals surface area contributed by atoms with E-state index >= 15 is 0 Å². The fourth-order valence-electron chi connectivity index (χ4n) is 3.45. The zero-order valence-corrected chi connectivity index (χ0v) is 13.3. The van der Waals surface area contributed by atoms with Crippen LogP contribution in [0.2, 0.25) is 0 Å². The van der Waals surface area contributed by atoms with Crippen molar-refractivity contribution in [2.45, 2.75) is 64.5 Å². The van der Waals surface area contributed by atoms with E-state index in [4.69, 9.17) is 5.41 Å². The molecule has 0 spiro atoms. The molecule has 0 unspecified atom stereocenters. The number of hydrogen-bond donors (Lipinski definition) is 4. The van der Waals surface area contributed by atoms with Crippen LogP contribution in [0.25, 0.3) is 0 Å². The molecule has 4 nitrogen and oxygen atoms in total. The van der Waals surface area contributed by atoms with Gasteiger partial charge in [-0.25, -0.2) is 0 Å². The van der Waals surface area contributed by atoms with Crippen LogP contribution in [-0.2, 0) is 0 Å². The van der Waals surface area contributed by atoms with Gasteiger partial charge in [0.2, 0.25) is 0 Å². The summed E-state index contributed by atoms with van der Waals surface area (Å²) in [4.78, 5) is 0. The first kappa shape index (κ1) is 14.6. The molecule has 4 N–H and O–H groups in total. The predicted octanol–water partition coefficient (Wildman–Crippen LogP) is 2.65. The minimum Gasteiger partial charge on any atom is -0.384 e. The fourth-order valence-corrected chi connectivity index (χ4v) is 3.45. The van der Waals surface area contributed by atoms with Crippen molar-refractivity contribution in [2.75, 3.05) is 6.54 Å². The van der Waals surface area contributed by atoms with Gasteiger partial charge in [-0.3, -0.25) is 5.41 Å². The van der Waals surface area contributed by atoms with E-state index in [0.717, 1.165) is 24.5 Å². The van der Waals surface area contributed by atoms with Gasteiger partial charge in [0.25, 0.3) is 0 Å². The average Bonchev–Trinajstić information content (AvgIpc) is 3.22. The molecule has 2 heterocycles. The summed E-state index contributed by atoms with van der Waals surface area (Å²) < 4.78 is 0. The molecule has 3 aliphatic rings. The Balaban J connectivity index is 1.63. The lowest BCUT2D eigenvalue weighted by Gasteiger charge is -2.31. The molecule has 1 aliphatic carbocycles. The highest BCUT2D eigenvalue weighted by Crippen LogP contribution is 2.38. The van der Waals surface area contributed by atoms with Crippen LogP contribution >= 0.6 is 0 Å². The highest BCUT2D eigenvalue weighted by atomic mass is 15.0. The third-order valence-electron chi connectivity index (χ3n) is 4.97. The molecule has 1 saturated heterocycles. The lowest BCUT2D eigenvalue weighted by molar-refractivity contribution is 0.333. The van der Waals surface area contributed by atoms with Crippen molar-refractivity contribution in [3.05, 3.63) is 23.0 Å². The van der Waals surface area contributed by atoms with E-state index in [9.17, 15) is 0 Å². The Kier molecular flexibility index (Phi) is 4.34. The molecule has 0 aromatic rings. The maximum Gasteiger partial charge on any atom is 0.131 e. The lowest BCUT2D eigenvalue weighted by Crippen LogP contribution is -2.47. The van der Waals surface area contributed by atoms with E-state index in [0.29, 0.717) is 17.9 Å². The van der Waals surface area contributed by atoms with Gasteiger partial charge in [-0.2, -0.15) is 0 Å². The molecule has 4 heteroatoms. The largest absolute Gasteiger partial charge is 0.384 e. The van der Waals surface area contributed by atoms with Crippen molar-refractivity contribution in [1.82, 2.24) is 16.0 Å². The maximum atomic E-state index is 8.13. The molecule has 0 aromatic carbocycles. The summed E-state index contributed by atoms with van der Waals surface area (Å²) >= 11 is 0. The second-order valence-corrected chi connectivity index (χ2v) is 6.77. The first-order valence-corrected chi connectivity index (χ1v) is 8.43. The Morgan fingerprint density at radius 2 is 2.14 bits per heavy atom. The standard InChI is InChI=1S/C17H28N4/c1-3-14-6-7-15(10-19-14)21-11(2)16-13(8-12-4-5-12)9-20-17(16)18/h9,12,14-15,19,21H,3-8,10H2,1-2H3,(H2,18,20)/b16-11+/t14-,15+/m0/s1. The number of rotatable bonds is 5. The number of nitrogens with one attached hydrogen (secondary N) is 4. The maximum absolute atomic E-state index is 8.13. The molecule has 0 aromatic heterocycles. The van der Waals surface area contributed by atoms with Crippen LogP contribution in [0.5, 0.6) is 0 Å². The molecule has 3 rings (SSSR count). The zero-order valence-electron chi connectivity index (χ0n) is 13.3. The third kappa shape index (κ3) is 3.49. The van der Waals surface area contributed by atoms with Crippen molar-refractivity contribution in [3.8, 4) is 0 Å². The number of hydrogen-bond acceptors (Lipinski definition) is 3. The average molecular weight is 288 g/mol. The van der Waals surface area contributed by atoms with E-state index in [1.54, 1.807) is 0 Å². The first-order chi connectivity index (χ1) is 10.2. The number of allylic oxidation sites excluding steroid dienone is 1. The lowest BCUT2D eigenvalue weighted by atomic mass is 9.97. The minimum atomic E-state index is 0.496. The summed E-state index contributed by atoms with van der Waals surface area (Å²) in [6.07, 6.45) is 9.56. The first-order valence-electron chi connectivity index (χ1n) is 8.43. The van der Waals surface area contributed by atoms with Crippen LogP contribution in [-0.4, -0.2) is 24.5 Å². The number of piperidine rings is 1. The number of amidine groups is 1. The van der Waals surface area contributed by atoms with E-state index in [1.807, 2.05) is 6.20 Å². The Morgan fingerprint density at radius 3 is 2.76 bits per heavy atom. The predicted molar refractivity (Wildman–Crippen MR) is 87.2 cm³/mol. The molecule has 1 saturated carbocycles. The van der Waals surface area contributed by atoms with E-state index in [1.165, 1.54) is 43.4 Å². The van der Waals surface area contributed by atoms with Crippen molar-refractivity contribution >= 4 is 5.84 Å². The van der Waals surface area contributed by atoms with Gasteiger partial charge in [-0.15, -0.1) is 0 Å². The zero-order chi connectivity index (χ0) is 14.8. The summed E-state index contributed by atoms with van der Waals surface area (Å²) in [5.41, 5.74) is 3.60. The topological polar surface area (TPSA) is 59.9 Å². The Bertz CT molecular complexity index is 465. The SMILES string of the molecule is CC[C@H]1CC[C@@H](N/C(C)=C2/C(=N)NC=C2CC2CC2)CN1. The van der Waals surface area contributed by atoms with Crippen LogP contribution in [0.4, 0.5) is 0 Å². The quantitative estimate of drug-likeness (QED) is 0.629. The Hall–Kier alpha value is -1.29. The van der Waals surface area contributed by atoms with Crippen LogP contribution in [0.15, 0.2) is 23.0 Å². The molecular weight excluding hydrogens is 260 g/mol. The summed E-state index contributed by atoms with van der Waals surface area (Å²) in [7, 11) is 0. The van der Waals surface area contributed by atoms with E-state index < -0.39 is 0 Å². The van der Waals surface area contributed by atoms with Crippen LogP contribution in [0.3, 0.4) is 0 Å². The van der Waals surface area contributed by atoms with Crippen molar-refractivity contribution in [2.24, 2.45) is 5.92 Å². The van der Waals surface area contributed by atoms with E-state index in [2.05, 4.69) is 29.8 Å². The van der Waals surface area contributed by atoms with Crippen LogP contribution in [0.1, 0.15) is 52.4 Å². The molecule has 116 valence electrons. The van der Waals surface area contributed by atoms with Gasteiger partial charge in [0, 0.05) is 36.1 Å². The van der Waals surface area contributed by atoms with Crippen molar-refractivity contribution in [1.29, 1.82) is 5.41 Å². The Morgan fingerprint density at radius 1 is 1.33 bits per heavy atom. The van der Waals surface area contributed by atoms with Gasteiger partial charge in [0.1, 0.15) is 5.84 Å². The summed E-state index contributed by atoms with van der Waals surface area (Å²) in [5.74, 6) is 1.42. The molecule has 2 aliphatic heterocycles.